The molecular formula is C11H15F3N2O3. The fraction of sp³-hybridized carbons (Fsp3) is 0.636. The lowest BCUT2D eigenvalue weighted by atomic mass is 10.2. The van der Waals surface area contributed by atoms with E-state index in [9.17, 15) is 27.9 Å². The van der Waals surface area contributed by atoms with Crippen LogP contribution in [0.15, 0.2) is 9.59 Å². The molecule has 0 aromatic carbocycles. The van der Waals surface area contributed by atoms with Gasteiger partial charge in [0, 0.05) is 13.0 Å². The van der Waals surface area contributed by atoms with Crippen LogP contribution in [-0.4, -0.2) is 20.8 Å². The van der Waals surface area contributed by atoms with Crippen molar-refractivity contribution in [2.75, 3.05) is 0 Å². The Bertz CT molecular complexity index is 546. The summed E-state index contributed by atoms with van der Waals surface area (Å²) < 4.78 is 36.7. The van der Waals surface area contributed by atoms with Crippen LogP contribution in [0.2, 0.25) is 0 Å². The Hall–Kier alpha value is -1.73. The number of aromatic amines is 1. The monoisotopic (exact) mass is 280 g/mol. The molecule has 0 atom stereocenters. The van der Waals surface area contributed by atoms with Crippen molar-refractivity contribution in [1.29, 1.82) is 0 Å². The summed E-state index contributed by atoms with van der Waals surface area (Å²) in [5, 5.41) is 9.73. The van der Waals surface area contributed by atoms with Gasteiger partial charge in [-0.1, -0.05) is 6.92 Å². The smallest absolute Gasteiger partial charge is 0.389 e. The van der Waals surface area contributed by atoms with Gasteiger partial charge in [0.05, 0.1) is 5.56 Å². The predicted octanol–water partition coefficient (Wildman–Crippen LogP) is 1.54. The topological polar surface area (TPSA) is 75.1 Å². The summed E-state index contributed by atoms with van der Waals surface area (Å²) in [4.78, 5) is 24.8. The Morgan fingerprint density at radius 1 is 1.26 bits per heavy atom. The van der Waals surface area contributed by atoms with Gasteiger partial charge in [-0.3, -0.25) is 14.3 Å². The second-order valence-corrected chi connectivity index (χ2v) is 4.14. The fourth-order valence-electron chi connectivity index (χ4n) is 1.72. The number of halogens is 3. The molecule has 1 aromatic rings. The molecule has 8 heteroatoms. The minimum atomic E-state index is -4.23. The van der Waals surface area contributed by atoms with Crippen LogP contribution < -0.4 is 11.2 Å². The van der Waals surface area contributed by atoms with Crippen molar-refractivity contribution in [3.05, 3.63) is 26.4 Å². The lowest BCUT2D eigenvalue weighted by Gasteiger charge is -2.11. The van der Waals surface area contributed by atoms with Crippen LogP contribution in [0.3, 0.4) is 0 Å². The van der Waals surface area contributed by atoms with Crippen molar-refractivity contribution in [2.24, 2.45) is 0 Å². The van der Waals surface area contributed by atoms with E-state index in [0.717, 1.165) is 4.57 Å². The predicted molar refractivity (Wildman–Crippen MR) is 62.3 cm³/mol. The third-order valence-electron chi connectivity index (χ3n) is 2.71. The minimum absolute atomic E-state index is 0.0513. The van der Waals surface area contributed by atoms with E-state index in [2.05, 4.69) is 0 Å². The van der Waals surface area contributed by atoms with Crippen LogP contribution in [0.5, 0.6) is 5.88 Å². The third kappa shape index (κ3) is 4.15. The summed E-state index contributed by atoms with van der Waals surface area (Å²) in [7, 11) is 0. The van der Waals surface area contributed by atoms with Crippen molar-refractivity contribution in [2.45, 2.75) is 45.3 Å². The number of aromatic hydroxyl groups is 1. The Kier molecular flexibility index (Phi) is 4.79. The molecule has 0 spiro atoms. The fourth-order valence-corrected chi connectivity index (χ4v) is 1.72. The molecule has 0 saturated heterocycles. The van der Waals surface area contributed by atoms with Gasteiger partial charge in [0.25, 0.3) is 5.56 Å². The quantitative estimate of drug-likeness (QED) is 0.803. The number of H-pyrrole nitrogens is 1. The molecule has 0 bridgehead atoms. The van der Waals surface area contributed by atoms with Crippen LogP contribution in [-0.2, 0) is 13.0 Å². The number of aromatic nitrogens is 2. The zero-order valence-electron chi connectivity index (χ0n) is 10.4. The Morgan fingerprint density at radius 3 is 2.42 bits per heavy atom. The Morgan fingerprint density at radius 2 is 1.89 bits per heavy atom. The molecule has 2 N–H and O–H groups in total. The highest BCUT2D eigenvalue weighted by Gasteiger charge is 2.26. The average Bonchev–Trinajstić information content (AvgIpc) is 2.26. The molecule has 0 aliphatic rings. The molecule has 0 amide bonds. The number of hydrogen-bond acceptors (Lipinski definition) is 3. The normalized spacial score (nSPS) is 11.8. The maximum absolute atomic E-state index is 11.9. The molecule has 108 valence electrons. The van der Waals surface area contributed by atoms with E-state index >= 15 is 0 Å². The SMILES string of the molecule is CCc1c(O)n(CCCCC(F)(F)F)c(=O)[nH]c1=O. The summed E-state index contributed by atoms with van der Waals surface area (Å²) in [6.45, 7) is 1.56. The zero-order chi connectivity index (χ0) is 14.6. The van der Waals surface area contributed by atoms with E-state index < -0.39 is 29.7 Å². The number of rotatable bonds is 5. The second kappa shape index (κ2) is 5.94. The Labute approximate surface area is 106 Å². The maximum Gasteiger partial charge on any atom is 0.389 e. The van der Waals surface area contributed by atoms with Crippen LogP contribution in [0.1, 0.15) is 31.7 Å². The minimum Gasteiger partial charge on any atom is -0.494 e. The van der Waals surface area contributed by atoms with Gasteiger partial charge < -0.3 is 5.11 Å². The molecule has 1 heterocycles. The summed E-state index contributed by atoms with van der Waals surface area (Å²) >= 11 is 0. The first-order chi connectivity index (χ1) is 8.76. The van der Waals surface area contributed by atoms with Gasteiger partial charge in [0.1, 0.15) is 0 Å². The number of alkyl halides is 3. The van der Waals surface area contributed by atoms with Crippen molar-refractivity contribution in [1.82, 2.24) is 9.55 Å². The summed E-state index contributed by atoms with van der Waals surface area (Å²) in [5.74, 6) is -0.469. The van der Waals surface area contributed by atoms with Crippen molar-refractivity contribution in [3.63, 3.8) is 0 Å². The van der Waals surface area contributed by atoms with Crippen molar-refractivity contribution in [3.8, 4) is 5.88 Å². The lowest BCUT2D eigenvalue weighted by Crippen LogP contribution is -2.32. The van der Waals surface area contributed by atoms with E-state index in [0.29, 0.717) is 0 Å². The molecule has 1 rings (SSSR count). The van der Waals surface area contributed by atoms with E-state index in [1.807, 2.05) is 4.98 Å². The van der Waals surface area contributed by atoms with Crippen LogP contribution in [0.4, 0.5) is 13.2 Å². The number of unbranched alkanes of at least 4 members (excludes halogenated alkanes) is 1. The molecule has 0 fully saturated rings. The van der Waals surface area contributed by atoms with Gasteiger partial charge in [-0.05, 0) is 19.3 Å². The summed E-state index contributed by atoms with van der Waals surface area (Å²) in [6, 6.07) is 0. The molecular weight excluding hydrogens is 265 g/mol. The molecule has 0 aliphatic carbocycles. The lowest BCUT2D eigenvalue weighted by molar-refractivity contribution is -0.135. The largest absolute Gasteiger partial charge is 0.494 e. The number of nitrogens with zero attached hydrogens (tertiary/aromatic N) is 1. The van der Waals surface area contributed by atoms with Gasteiger partial charge in [0.15, 0.2) is 0 Å². The first kappa shape index (κ1) is 15.3. The van der Waals surface area contributed by atoms with Crippen LogP contribution in [0.25, 0.3) is 0 Å². The zero-order valence-corrected chi connectivity index (χ0v) is 10.4. The van der Waals surface area contributed by atoms with Crippen LogP contribution in [0, 0.1) is 0 Å². The van der Waals surface area contributed by atoms with E-state index in [1.54, 1.807) is 6.92 Å². The van der Waals surface area contributed by atoms with E-state index in [1.165, 1.54) is 0 Å². The molecule has 0 aliphatic heterocycles. The van der Waals surface area contributed by atoms with Crippen molar-refractivity contribution < 1.29 is 18.3 Å². The molecule has 0 unspecified atom stereocenters. The second-order valence-electron chi connectivity index (χ2n) is 4.14. The molecule has 0 radical (unpaired) electrons. The van der Waals surface area contributed by atoms with Gasteiger partial charge >= 0.3 is 11.9 Å². The Balaban J connectivity index is 2.79. The number of nitrogens with one attached hydrogen (secondary N) is 1. The van der Waals surface area contributed by atoms with Crippen LogP contribution >= 0.6 is 0 Å². The molecule has 1 aromatic heterocycles. The first-order valence-corrected chi connectivity index (χ1v) is 5.88. The summed E-state index contributed by atoms with van der Waals surface area (Å²) in [5.41, 5.74) is -1.43. The average molecular weight is 280 g/mol. The highest BCUT2D eigenvalue weighted by Crippen LogP contribution is 2.22. The van der Waals surface area contributed by atoms with Crippen molar-refractivity contribution >= 4 is 0 Å². The molecule has 19 heavy (non-hydrogen) atoms. The van der Waals surface area contributed by atoms with E-state index in [4.69, 9.17) is 0 Å². The third-order valence-corrected chi connectivity index (χ3v) is 2.71. The molecule has 5 nitrogen and oxygen atoms in total. The maximum atomic E-state index is 11.9. The number of hydrogen-bond donors (Lipinski definition) is 2. The van der Waals surface area contributed by atoms with Gasteiger partial charge in [-0.25, -0.2) is 4.79 Å². The highest BCUT2D eigenvalue weighted by atomic mass is 19.4. The van der Waals surface area contributed by atoms with Gasteiger partial charge in [-0.2, -0.15) is 13.2 Å². The van der Waals surface area contributed by atoms with Gasteiger partial charge in [0.2, 0.25) is 5.88 Å². The van der Waals surface area contributed by atoms with Gasteiger partial charge in [-0.15, -0.1) is 0 Å². The summed E-state index contributed by atoms with van der Waals surface area (Å²) in [6.07, 6.45) is -5.00. The van der Waals surface area contributed by atoms with E-state index in [-0.39, 0.29) is 31.4 Å². The standard InChI is InChI=1S/C11H15F3N2O3/c1-2-7-8(17)15-10(19)16(9(7)18)6-4-3-5-11(12,13)14/h18H,2-6H2,1H3,(H,15,17,19). The molecule has 0 saturated carbocycles. The first-order valence-electron chi connectivity index (χ1n) is 5.88. The highest BCUT2D eigenvalue weighted by molar-refractivity contribution is 5.22.